The number of anilines is 4. The second-order valence-corrected chi connectivity index (χ2v) is 9.20. The molecular formula is C27H22ClN7O. The summed E-state index contributed by atoms with van der Waals surface area (Å²) in [7, 11) is 0. The van der Waals surface area contributed by atoms with Crippen molar-refractivity contribution in [2.45, 2.75) is 19.3 Å². The van der Waals surface area contributed by atoms with E-state index >= 15 is 0 Å². The quantitative estimate of drug-likeness (QED) is 0.318. The molecule has 1 unspecified atom stereocenters. The Morgan fingerprint density at radius 2 is 1.92 bits per heavy atom. The van der Waals surface area contributed by atoms with Crippen LogP contribution in [0.15, 0.2) is 78.8 Å². The van der Waals surface area contributed by atoms with Crippen LogP contribution in [0.2, 0.25) is 5.02 Å². The molecule has 1 amide bonds. The molecule has 0 radical (unpaired) electrons. The number of halogens is 1. The predicted octanol–water partition coefficient (Wildman–Crippen LogP) is 5.89. The fraction of sp³-hybridized carbons (Fsp3) is 0.148. The first kappa shape index (κ1) is 22.2. The number of hydrogen-bond donors (Lipinski definition) is 3. The van der Waals surface area contributed by atoms with Gasteiger partial charge in [-0.1, -0.05) is 35.9 Å². The van der Waals surface area contributed by atoms with Crippen molar-refractivity contribution in [3.05, 3.63) is 95.1 Å². The second-order valence-electron chi connectivity index (χ2n) is 8.79. The van der Waals surface area contributed by atoms with E-state index in [0.717, 1.165) is 47.4 Å². The lowest BCUT2D eigenvalue weighted by molar-refractivity contribution is 0.102. The molecule has 178 valence electrons. The van der Waals surface area contributed by atoms with Gasteiger partial charge in [-0.3, -0.25) is 9.78 Å². The second kappa shape index (κ2) is 9.39. The Balaban J connectivity index is 1.33. The summed E-state index contributed by atoms with van der Waals surface area (Å²) in [6.45, 7) is 0. The lowest BCUT2D eigenvalue weighted by Crippen LogP contribution is -2.16. The van der Waals surface area contributed by atoms with Crippen molar-refractivity contribution in [3.8, 4) is 0 Å². The Morgan fingerprint density at radius 1 is 1.03 bits per heavy atom. The average Bonchev–Trinajstić information content (AvgIpc) is 2.90. The number of aryl methyl sites for hydroxylation is 1. The molecule has 1 aliphatic heterocycles. The van der Waals surface area contributed by atoms with Crippen molar-refractivity contribution in [1.29, 1.82) is 0 Å². The Morgan fingerprint density at radius 3 is 2.83 bits per heavy atom. The van der Waals surface area contributed by atoms with Crippen molar-refractivity contribution in [2.24, 2.45) is 5.92 Å². The zero-order chi connectivity index (χ0) is 24.5. The van der Waals surface area contributed by atoms with Crippen LogP contribution in [0.5, 0.6) is 0 Å². The maximum atomic E-state index is 13.1. The first-order valence-corrected chi connectivity index (χ1v) is 12.1. The van der Waals surface area contributed by atoms with E-state index in [1.54, 1.807) is 6.20 Å². The molecule has 6 bridgehead atoms. The van der Waals surface area contributed by atoms with E-state index in [1.807, 2.05) is 48.5 Å². The number of allylic oxidation sites excluding steroid dienone is 4. The molecule has 1 atom stereocenters. The van der Waals surface area contributed by atoms with Crippen LogP contribution in [-0.2, 0) is 6.42 Å². The van der Waals surface area contributed by atoms with Gasteiger partial charge in [-0.2, -0.15) is 4.98 Å². The Hall–Kier alpha value is -4.30. The molecule has 6 rings (SSSR count). The zero-order valence-corrected chi connectivity index (χ0v) is 20.0. The van der Waals surface area contributed by atoms with Crippen LogP contribution in [0.1, 0.15) is 28.9 Å². The third-order valence-corrected chi connectivity index (χ3v) is 6.54. The molecule has 0 spiro atoms. The highest BCUT2D eigenvalue weighted by molar-refractivity contribution is 6.32. The van der Waals surface area contributed by atoms with Gasteiger partial charge in [0.05, 0.1) is 23.4 Å². The molecule has 9 heteroatoms. The van der Waals surface area contributed by atoms with Gasteiger partial charge in [-0.25, -0.2) is 9.97 Å². The van der Waals surface area contributed by atoms with Crippen molar-refractivity contribution in [1.82, 2.24) is 19.9 Å². The van der Waals surface area contributed by atoms with Gasteiger partial charge in [0.2, 0.25) is 5.95 Å². The highest BCUT2D eigenvalue weighted by Crippen LogP contribution is 2.31. The first-order valence-electron chi connectivity index (χ1n) is 11.7. The highest BCUT2D eigenvalue weighted by atomic mass is 35.5. The molecule has 2 aromatic heterocycles. The number of aromatic nitrogens is 4. The summed E-state index contributed by atoms with van der Waals surface area (Å²) in [6, 6.07) is 13.3. The first-order chi connectivity index (χ1) is 17.6. The van der Waals surface area contributed by atoms with Gasteiger partial charge in [-0.05, 0) is 67.2 Å². The van der Waals surface area contributed by atoms with Gasteiger partial charge in [0.15, 0.2) is 5.82 Å². The van der Waals surface area contributed by atoms with E-state index in [-0.39, 0.29) is 11.6 Å². The molecule has 3 N–H and O–H groups in total. The van der Waals surface area contributed by atoms with E-state index in [4.69, 9.17) is 11.6 Å². The molecule has 8 nitrogen and oxygen atoms in total. The third-order valence-electron chi connectivity index (χ3n) is 6.26. The fourth-order valence-electron chi connectivity index (χ4n) is 4.43. The van der Waals surface area contributed by atoms with E-state index in [9.17, 15) is 4.79 Å². The van der Waals surface area contributed by atoms with Gasteiger partial charge < -0.3 is 16.0 Å². The van der Waals surface area contributed by atoms with Gasteiger partial charge in [0, 0.05) is 17.1 Å². The standard InChI is InChI=1S/C27H22ClN7O/c28-20-14-30-27-32-18-5-3-4-16(12-18)8-9-17-13-19(31-25(20)35-27)10-11-21(17)34-26(36)24-15-29-22-6-1-2-7-23(22)33-24/h1-7,10-11,13-16H,8-9,12H2,(H,34,36)(H2,30,31,32,35). The molecule has 4 aromatic rings. The van der Waals surface area contributed by atoms with Crippen molar-refractivity contribution in [3.63, 3.8) is 0 Å². The van der Waals surface area contributed by atoms with Crippen LogP contribution in [0, 0.1) is 5.92 Å². The van der Waals surface area contributed by atoms with Crippen LogP contribution < -0.4 is 16.0 Å². The van der Waals surface area contributed by atoms with E-state index in [1.165, 1.54) is 6.20 Å². The lowest BCUT2D eigenvalue weighted by atomic mass is 9.91. The normalized spacial score (nSPS) is 16.5. The number of nitrogens with one attached hydrogen (secondary N) is 3. The zero-order valence-electron chi connectivity index (χ0n) is 19.2. The van der Waals surface area contributed by atoms with Crippen LogP contribution in [0.4, 0.5) is 23.1 Å². The number of rotatable bonds is 2. The summed E-state index contributed by atoms with van der Waals surface area (Å²) in [4.78, 5) is 30.8. The van der Waals surface area contributed by atoms with Gasteiger partial charge >= 0.3 is 0 Å². The number of hydrogen-bond acceptors (Lipinski definition) is 7. The monoisotopic (exact) mass is 495 g/mol. The largest absolute Gasteiger partial charge is 0.339 e. The molecule has 2 aromatic carbocycles. The Kier molecular flexibility index (Phi) is 5.79. The van der Waals surface area contributed by atoms with Crippen LogP contribution in [-0.4, -0.2) is 25.8 Å². The average molecular weight is 496 g/mol. The topological polar surface area (TPSA) is 105 Å². The van der Waals surface area contributed by atoms with E-state index in [0.29, 0.717) is 28.2 Å². The lowest BCUT2D eigenvalue weighted by Gasteiger charge is -2.20. The fourth-order valence-corrected chi connectivity index (χ4v) is 4.57. The predicted molar refractivity (Wildman–Crippen MR) is 142 cm³/mol. The molecule has 2 aliphatic rings. The number of carbonyl (C=O) groups is 1. The number of benzene rings is 2. The smallest absolute Gasteiger partial charge is 0.275 e. The molecule has 3 heterocycles. The summed E-state index contributed by atoms with van der Waals surface area (Å²) in [5, 5.41) is 10.1. The van der Waals surface area contributed by atoms with Crippen molar-refractivity contribution >= 4 is 51.7 Å². The maximum Gasteiger partial charge on any atom is 0.275 e. The summed E-state index contributed by atoms with van der Waals surface area (Å²) in [5.41, 5.74) is 5.30. The SMILES string of the molecule is O=C(Nc1ccc2cc1CCC1C=CC=C(C1)Nc1ncc(Cl)c(n1)N2)c1cnc2ccccc2n1. The molecule has 0 saturated heterocycles. The number of nitrogens with zero attached hydrogens (tertiary/aromatic N) is 4. The van der Waals surface area contributed by atoms with E-state index in [2.05, 4.69) is 48.0 Å². The summed E-state index contributed by atoms with van der Waals surface area (Å²) < 4.78 is 0. The third kappa shape index (κ3) is 4.63. The summed E-state index contributed by atoms with van der Waals surface area (Å²) >= 11 is 6.37. The highest BCUT2D eigenvalue weighted by Gasteiger charge is 2.18. The number of fused-ring (bicyclic) bond motifs is 7. The minimum atomic E-state index is -0.302. The minimum absolute atomic E-state index is 0.268. The van der Waals surface area contributed by atoms with Crippen molar-refractivity contribution in [2.75, 3.05) is 16.0 Å². The molecule has 1 aliphatic carbocycles. The van der Waals surface area contributed by atoms with Gasteiger partial charge in [0.1, 0.15) is 10.7 Å². The van der Waals surface area contributed by atoms with Crippen LogP contribution in [0.3, 0.4) is 0 Å². The van der Waals surface area contributed by atoms with Gasteiger partial charge in [0.25, 0.3) is 5.91 Å². The number of carbonyl (C=O) groups excluding carboxylic acids is 1. The molecule has 0 fully saturated rings. The molecule has 36 heavy (non-hydrogen) atoms. The number of para-hydroxylation sites is 2. The van der Waals surface area contributed by atoms with E-state index < -0.39 is 0 Å². The molecule has 0 saturated carbocycles. The van der Waals surface area contributed by atoms with Crippen molar-refractivity contribution < 1.29 is 4.79 Å². The molecular weight excluding hydrogens is 474 g/mol. The van der Waals surface area contributed by atoms with Gasteiger partial charge in [-0.15, -0.1) is 0 Å². The summed E-state index contributed by atoms with van der Waals surface area (Å²) in [5.74, 6) is 1.04. The number of amides is 1. The maximum absolute atomic E-state index is 13.1. The van der Waals surface area contributed by atoms with Crippen LogP contribution >= 0.6 is 11.6 Å². The van der Waals surface area contributed by atoms with Crippen LogP contribution in [0.25, 0.3) is 11.0 Å². The summed E-state index contributed by atoms with van der Waals surface area (Å²) in [6.07, 6.45) is 11.9. The Labute approximate surface area is 212 Å². The minimum Gasteiger partial charge on any atom is -0.339 e. The Bertz CT molecular complexity index is 1550.